The summed E-state index contributed by atoms with van der Waals surface area (Å²) in [6.07, 6.45) is 1.71. The standard InChI is InChI=1S/C20H19N5O2/c1-14-7-3-6-10-18(14)27-13-25-12-11-16(23-25)19(26)22-20-21-15-8-4-5-9-17(15)24(20)2/h3-12H,13H2,1-2H3,(H,21,22,26). The first-order valence-electron chi connectivity index (χ1n) is 8.56. The van der Waals surface area contributed by atoms with E-state index in [0.717, 1.165) is 22.3 Å². The summed E-state index contributed by atoms with van der Waals surface area (Å²) in [6, 6.07) is 17.1. The molecule has 0 fully saturated rings. The second-order valence-corrected chi connectivity index (χ2v) is 6.22. The Kier molecular flexibility index (Phi) is 4.33. The van der Waals surface area contributed by atoms with Gasteiger partial charge in [0.05, 0.1) is 11.0 Å². The molecule has 4 rings (SSSR count). The van der Waals surface area contributed by atoms with E-state index >= 15 is 0 Å². The Morgan fingerprint density at radius 1 is 1.11 bits per heavy atom. The van der Waals surface area contributed by atoms with Crippen molar-refractivity contribution in [2.75, 3.05) is 5.32 Å². The van der Waals surface area contributed by atoms with Crippen LogP contribution in [-0.4, -0.2) is 25.2 Å². The first-order valence-corrected chi connectivity index (χ1v) is 8.56. The second kappa shape index (κ2) is 6.95. The Morgan fingerprint density at radius 2 is 1.89 bits per heavy atom. The van der Waals surface area contributed by atoms with E-state index in [4.69, 9.17) is 4.74 Å². The third-order valence-electron chi connectivity index (χ3n) is 4.33. The minimum Gasteiger partial charge on any atom is -0.471 e. The summed E-state index contributed by atoms with van der Waals surface area (Å²) in [6.45, 7) is 2.21. The summed E-state index contributed by atoms with van der Waals surface area (Å²) in [5.74, 6) is 0.952. The molecule has 0 unspecified atom stereocenters. The third-order valence-corrected chi connectivity index (χ3v) is 4.33. The number of nitrogens with one attached hydrogen (secondary N) is 1. The number of rotatable bonds is 5. The molecule has 2 aromatic carbocycles. The number of hydrogen-bond acceptors (Lipinski definition) is 4. The summed E-state index contributed by atoms with van der Waals surface area (Å²) >= 11 is 0. The topological polar surface area (TPSA) is 74.0 Å². The lowest BCUT2D eigenvalue weighted by molar-refractivity contribution is 0.101. The van der Waals surface area contributed by atoms with Crippen molar-refractivity contribution in [3.05, 3.63) is 72.1 Å². The summed E-state index contributed by atoms with van der Waals surface area (Å²) in [5, 5.41) is 7.09. The molecule has 1 N–H and O–H groups in total. The van der Waals surface area contributed by atoms with Crippen LogP contribution >= 0.6 is 0 Å². The lowest BCUT2D eigenvalue weighted by Crippen LogP contribution is -2.16. The summed E-state index contributed by atoms with van der Waals surface area (Å²) in [7, 11) is 1.86. The van der Waals surface area contributed by atoms with Gasteiger partial charge in [-0.2, -0.15) is 5.10 Å². The van der Waals surface area contributed by atoms with E-state index in [2.05, 4.69) is 15.4 Å². The number of aromatic nitrogens is 4. The number of carbonyl (C=O) groups is 1. The molecule has 4 aromatic rings. The number of amides is 1. The van der Waals surface area contributed by atoms with Crippen molar-refractivity contribution >= 4 is 22.9 Å². The number of nitrogens with zero attached hydrogens (tertiary/aromatic N) is 4. The third kappa shape index (κ3) is 3.39. The van der Waals surface area contributed by atoms with Crippen LogP contribution in [0.4, 0.5) is 5.95 Å². The molecule has 0 radical (unpaired) electrons. The molecule has 0 aliphatic heterocycles. The molecule has 0 saturated carbocycles. The Labute approximate surface area is 156 Å². The van der Waals surface area contributed by atoms with Crippen molar-refractivity contribution < 1.29 is 9.53 Å². The summed E-state index contributed by atoms with van der Waals surface area (Å²) in [4.78, 5) is 16.9. The number of hydrogen-bond donors (Lipinski definition) is 1. The minimum atomic E-state index is -0.317. The van der Waals surface area contributed by atoms with E-state index in [9.17, 15) is 4.79 Å². The van der Waals surface area contributed by atoms with Crippen LogP contribution in [0.25, 0.3) is 11.0 Å². The van der Waals surface area contributed by atoms with E-state index in [1.54, 1.807) is 16.9 Å². The monoisotopic (exact) mass is 361 g/mol. The van der Waals surface area contributed by atoms with Crippen LogP contribution in [0.2, 0.25) is 0 Å². The van der Waals surface area contributed by atoms with Crippen LogP contribution in [0.15, 0.2) is 60.8 Å². The van der Waals surface area contributed by atoms with Crippen LogP contribution in [0.3, 0.4) is 0 Å². The van der Waals surface area contributed by atoms with Crippen molar-refractivity contribution in [2.24, 2.45) is 7.05 Å². The van der Waals surface area contributed by atoms with Crippen LogP contribution in [0.5, 0.6) is 5.75 Å². The van der Waals surface area contributed by atoms with Crippen molar-refractivity contribution in [1.29, 1.82) is 0 Å². The van der Waals surface area contributed by atoms with E-state index in [0.29, 0.717) is 11.6 Å². The van der Waals surface area contributed by atoms with E-state index < -0.39 is 0 Å². The Bertz CT molecular complexity index is 1110. The van der Waals surface area contributed by atoms with Gasteiger partial charge in [-0.1, -0.05) is 30.3 Å². The van der Waals surface area contributed by atoms with Gasteiger partial charge in [-0.05, 0) is 36.8 Å². The van der Waals surface area contributed by atoms with Gasteiger partial charge in [0.1, 0.15) is 5.75 Å². The zero-order valence-corrected chi connectivity index (χ0v) is 15.1. The van der Waals surface area contributed by atoms with Crippen LogP contribution < -0.4 is 10.1 Å². The normalized spacial score (nSPS) is 10.9. The van der Waals surface area contributed by atoms with Gasteiger partial charge in [0.15, 0.2) is 12.4 Å². The number of carbonyl (C=O) groups excluding carboxylic acids is 1. The minimum absolute atomic E-state index is 0.227. The van der Waals surface area contributed by atoms with Gasteiger partial charge in [0.2, 0.25) is 5.95 Å². The molecule has 2 aromatic heterocycles. The van der Waals surface area contributed by atoms with E-state index in [1.165, 1.54) is 0 Å². The molecule has 1 amide bonds. The maximum absolute atomic E-state index is 12.5. The highest BCUT2D eigenvalue weighted by Gasteiger charge is 2.14. The number of fused-ring (bicyclic) bond motifs is 1. The quantitative estimate of drug-likeness (QED) is 0.591. The predicted octanol–water partition coefficient (Wildman–Crippen LogP) is 3.37. The number of aryl methyl sites for hydroxylation is 2. The molecule has 7 nitrogen and oxygen atoms in total. The average Bonchev–Trinajstić information content (AvgIpc) is 3.27. The van der Waals surface area contributed by atoms with Crippen LogP contribution in [0, 0.1) is 6.92 Å². The number of anilines is 1. The molecule has 7 heteroatoms. The molecule has 0 aliphatic carbocycles. The largest absolute Gasteiger partial charge is 0.471 e. The first kappa shape index (κ1) is 16.8. The Morgan fingerprint density at radius 3 is 2.70 bits per heavy atom. The van der Waals surface area contributed by atoms with Crippen molar-refractivity contribution in [1.82, 2.24) is 19.3 Å². The number of ether oxygens (including phenoxy) is 1. The lowest BCUT2D eigenvalue weighted by Gasteiger charge is -2.08. The van der Waals surface area contributed by atoms with Crippen molar-refractivity contribution in [2.45, 2.75) is 13.7 Å². The lowest BCUT2D eigenvalue weighted by atomic mass is 10.2. The van der Waals surface area contributed by atoms with Gasteiger partial charge in [-0.15, -0.1) is 0 Å². The molecular weight excluding hydrogens is 342 g/mol. The second-order valence-electron chi connectivity index (χ2n) is 6.22. The maximum Gasteiger partial charge on any atom is 0.278 e. The van der Waals surface area contributed by atoms with Crippen LogP contribution in [-0.2, 0) is 13.8 Å². The average molecular weight is 361 g/mol. The highest BCUT2D eigenvalue weighted by Crippen LogP contribution is 2.18. The Hall–Kier alpha value is -3.61. The molecule has 27 heavy (non-hydrogen) atoms. The SMILES string of the molecule is Cc1ccccc1OCn1ccc(C(=O)Nc2nc3ccccc3n2C)n1. The van der Waals surface area contributed by atoms with Crippen molar-refractivity contribution in [3.63, 3.8) is 0 Å². The summed E-state index contributed by atoms with van der Waals surface area (Å²) in [5.41, 5.74) is 3.12. The van der Waals surface area contributed by atoms with E-state index in [-0.39, 0.29) is 12.6 Å². The first-order chi connectivity index (χ1) is 13.1. The zero-order valence-electron chi connectivity index (χ0n) is 15.1. The number of para-hydroxylation sites is 3. The highest BCUT2D eigenvalue weighted by molar-refractivity contribution is 6.02. The van der Waals surface area contributed by atoms with E-state index in [1.807, 2.05) is 67.1 Å². The fourth-order valence-corrected chi connectivity index (χ4v) is 2.83. The van der Waals surface area contributed by atoms with Gasteiger partial charge in [-0.25, -0.2) is 9.67 Å². The maximum atomic E-state index is 12.5. The molecule has 0 bridgehead atoms. The highest BCUT2D eigenvalue weighted by atomic mass is 16.5. The molecule has 2 heterocycles. The number of benzene rings is 2. The zero-order chi connectivity index (χ0) is 18.8. The van der Waals surface area contributed by atoms with Gasteiger partial charge in [-0.3, -0.25) is 10.1 Å². The van der Waals surface area contributed by atoms with Gasteiger partial charge < -0.3 is 9.30 Å². The van der Waals surface area contributed by atoms with Gasteiger partial charge in [0.25, 0.3) is 5.91 Å². The number of imidazole rings is 1. The van der Waals surface area contributed by atoms with Gasteiger partial charge >= 0.3 is 0 Å². The summed E-state index contributed by atoms with van der Waals surface area (Å²) < 4.78 is 9.16. The molecule has 0 spiro atoms. The fourth-order valence-electron chi connectivity index (χ4n) is 2.83. The molecule has 0 atom stereocenters. The molecule has 0 aliphatic rings. The molecule has 136 valence electrons. The van der Waals surface area contributed by atoms with Crippen LogP contribution in [0.1, 0.15) is 16.1 Å². The molecule has 0 saturated heterocycles. The predicted molar refractivity (Wildman–Crippen MR) is 103 cm³/mol. The molecular formula is C20H19N5O2. The van der Waals surface area contributed by atoms with Crippen molar-refractivity contribution in [3.8, 4) is 5.75 Å². The Balaban J connectivity index is 1.45. The fraction of sp³-hybridized carbons (Fsp3) is 0.150. The smallest absolute Gasteiger partial charge is 0.278 e. The van der Waals surface area contributed by atoms with Gasteiger partial charge in [0, 0.05) is 13.2 Å².